The smallest absolute Gasteiger partial charge is 0.339 e. The highest BCUT2D eigenvalue weighted by Crippen LogP contribution is 2.59. The standard InChI is InChI=1S/C78H80O10/c1-8-10-11-14-49-17-19-50(20-18-49)51-21-25-53(26-22-51)61-15-12-13-16-63(61)76(80)87-69-47-85-73-68(46-84-74(69)73)86-75(79)54-27-23-52(24-28-54)55-29-40-67-66(43-55)70-62-39-38-60(82-7)44-65(62)72-64(71(70)77(67,4)5)41-42-78(88-72,56-30-34-58(81-6)35-31-56)57-32-36-59(37-33-57)83-45-48(3)9-2/h12-13,15-16,21-44,48-50,68-69,73-74H,8-11,14,17-20,45-47H2,1-7H3/t48-,49?,50?,68+,69-,73-,74-,78?/m0/s1. The van der Waals surface area contributed by atoms with Gasteiger partial charge in [-0.2, -0.15) is 0 Å². The van der Waals surface area contributed by atoms with E-state index in [1.165, 1.54) is 68.1 Å². The summed E-state index contributed by atoms with van der Waals surface area (Å²) in [5.41, 5.74) is 12.3. The molecule has 2 aliphatic carbocycles. The third kappa shape index (κ3) is 11.1. The lowest BCUT2D eigenvalue weighted by Gasteiger charge is -2.38. The lowest BCUT2D eigenvalue weighted by atomic mass is 9.76. The Balaban J connectivity index is 0.707. The number of hydrogen-bond donors (Lipinski definition) is 0. The molecule has 0 spiro atoms. The molecular formula is C78H80O10. The highest BCUT2D eigenvalue weighted by atomic mass is 16.7. The zero-order valence-electron chi connectivity index (χ0n) is 51.8. The maximum atomic E-state index is 14.0. The lowest BCUT2D eigenvalue weighted by Crippen LogP contribution is -2.36. The lowest BCUT2D eigenvalue weighted by molar-refractivity contribution is -0.0287. The molecule has 8 aromatic rings. The molecule has 8 aromatic carbocycles. The van der Waals surface area contributed by atoms with E-state index < -0.39 is 47.4 Å². The van der Waals surface area contributed by atoms with Crippen molar-refractivity contribution in [1.29, 1.82) is 0 Å². The zero-order valence-corrected chi connectivity index (χ0v) is 51.8. The van der Waals surface area contributed by atoms with Crippen LogP contribution in [-0.2, 0) is 30.0 Å². The van der Waals surface area contributed by atoms with E-state index in [9.17, 15) is 9.59 Å². The molecule has 6 atom stereocenters. The summed E-state index contributed by atoms with van der Waals surface area (Å²) in [7, 11) is 3.38. The predicted molar refractivity (Wildman–Crippen MR) is 347 cm³/mol. The second kappa shape index (κ2) is 24.8. The minimum atomic E-state index is -0.994. The number of methoxy groups -OCH3 is 2. The van der Waals surface area contributed by atoms with E-state index >= 15 is 0 Å². The van der Waals surface area contributed by atoms with E-state index in [1.807, 2.05) is 78.9 Å². The molecule has 452 valence electrons. The fourth-order valence-electron chi connectivity index (χ4n) is 14.4. The van der Waals surface area contributed by atoms with Crippen LogP contribution in [0.2, 0.25) is 0 Å². The van der Waals surface area contributed by atoms with Gasteiger partial charge in [-0.1, -0.05) is 164 Å². The van der Waals surface area contributed by atoms with Crippen molar-refractivity contribution in [3.63, 3.8) is 0 Å². The Morgan fingerprint density at radius 2 is 1.26 bits per heavy atom. The largest absolute Gasteiger partial charge is 0.497 e. The topological polar surface area (TPSA) is 108 Å². The summed E-state index contributed by atoms with van der Waals surface area (Å²) in [6.45, 7) is 12.2. The van der Waals surface area contributed by atoms with Crippen LogP contribution in [0, 0.1) is 11.8 Å². The number of rotatable bonds is 19. The monoisotopic (exact) mass is 1180 g/mol. The molecule has 0 amide bonds. The molecule has 3 aliphatic heterocycles. The minimum Gasteiger partial charge on any atom is -0.497 e. The van der Waals surface area contributed by atoms with Crippen molar-refractivity contribution < 1.29 is 47.5 Å². The summed E-state index contributed by atoms with van der Waals surface area (Å²) in [6, 6.07) is 53.3. The van der Waals surface area contributed by atoms with Crippen LogP contribution >= 0.6 is 0 Å². The fourth-order valence-corrected chi connectivity index (χ4v) is 14.4. The van der Waals surface area contributed by atoms with E-state index in [4.69, 9.17) is 37.9 Å². The van der Waals surface area contributed by atoms with Crippen LogP contribution < -0.4 is 18.9 Å². The van der Waals surface area contributed by atoms with Crippen LogP contribution in [0.1, 0.15) is 152 Å². The van der Waals surface area contributed by atoms with Crippen LogP contribution in [0.3, 0.4) is 0 Å². The van der Waals surface area contributed by atoms with Crippen LogP contribution in [-0.4, -0.2) is 70.4 Å². The van der Waals surface area contributed by atoms with Crippen LogP contribution in [0.4, 0.5) is 0 Å². The third-order valence-electron chi connectivity index (χ3n) is 19.7. The van der Waals surface area contributed by atoms with Gasteiger partial charge in [-0.15, -0.1) is 0 Å². The highest BCUT2D eigenvalue weighted by Gasteiger charge is 2.52. The summed E-state index contributed by atoms with van der Waals surface area (Å²) in [5, 5.41) is 2.00. The molecule has 88 heavy (non-hydrogen) atoms. The summed E-state index contributed by atoms with van der Waals surface area (Å²) in [6.07, 6.45) is 13.4. The average Bonchev–Trinajstić information content (AvgIpc) is 1.50. The van der Waals surface area contributed by atoms with Crippen molar-refractivity contribution in [1.82, 2.24) is 0 Å². The van der Waals surface area contributed by atoms with Gasteiger partial charge in [0.2, 0.25) is 0 Å². The number of esters is 2. The normalized spacial score (nSPS) is 22.4. The summed E-state index contributed by atoms with van der Waals surface area (Å²) in [4.78, 5) is 27.9. The molecule has 10 nitrogen and oxygen atoms in total. The molecule has 2 saturated heterocycles. The van der Waals surface area contributed by atoms with Crippen molar-refractivity contribution in [2.24, 2.45) is 11.8 Å². The quantitative estimate of drug-likeness (QED) is 0.0574. The maximum absolute atomic E-state index is 14.0. The van der Waals surface area contributed by atoms with Gasteiger partial charge < -0.3 is 37.9 Å². The van der Waals surface area contributed by atoms with E-state index in [0.29, 0.717) is 29.6 Å². The van der Waals surface area contributed by atoms with Crippen molar-refractivity contribution >= 4 is 28.8 Å². The Morgan fingerprint density at radius 3 is 1.93 bits per heavy atom. The van der Waals surface area contributed by atoms with E-state index in [-0.39, 0.29) is 13.2 Å². The Bertz CT molecular complexity index is 3870. The number of fused-ring (bicyclic) bond motifs is 9. The molecule has 5 aliphatic rings. The van der Waals surface area contributed by atoms with Gasteiger partial charge in [0.15, 0.2) is 17.8 Å². The number of carbonyl (C=O) groups is 2. The van der Waals surface area contributed by atoms with E-state index in [2.05, 4.69) is 126 Å². The van der Waals surface area contributed by atoms with Crippen molar-refractivity contribution in [3.05, 3.63) is 208 Å². The molecule has 0 N–H and O–H groups in total. The van der Waals surface area contributed by atoms with Gasteiger partial charge in [-0.05, 0) is 172 Å². The molecule has 3 heterocycles. The Kier molecular flexibility index (Phi) is 16.6. The maximum Gasteiger partial charge on any atom is 0.339 e. The van der Waals surface area contributed by atoms with Crippen LogP contribution in [0.25, 0.3) is 50.2 Å². The van der Waals surface area contributed by atoms with Crippen LogP contribution in [0.15, 0.2) is 164 Å². The zero-order chi connectivity index (χ0) is 60.7. The van der Waals surface area contributed by atoms with Crippen molar-refractivity contribution in [2.45, 2.75) is 134 Å². The van der Waals surface area contributed by atoms with Gasteiger partial charge in [0, 0.05) is 27.5 Å². The molecule has 1 saturated carbocycles. The van der Waals surface area contributed by atoms with E-state index in [0.717, 1.165) is 96.2 Å². The van der Waals surface area contributed by atoms with Gasteiger partial charge in [0.1, 0.15) is 35.2 Å². The molecule has 0 aromatic heterocycles. The average molecular weight is 1180 g/mol. The molecule has 13 rings (SSSR count). The Morgan fingerprint density at radius 1 is 0.625 bits per heavy atom. The van der Waals surface area contributed by atoms with Gasteiger partial charge in [0.25, 0.3) is 0 Å². The first-order valence-electron chi connectivity index (χ1n) is 31.9. The highest BCUT2D eigenvalue weighted by molar-refractivity contribution is 6.09. The molecule has 1 unspecified atom stereocenters. The Hall–Kier alpha value is -8.18. The fraction of sp³-hybridized carbons (Fsp3) is 0.359. The number of hydrogen-bond acceptors (Lipinski definition) is 10. The van der Waals surface area contributed by atoms with Gasteiger partial charge in [0.05, 0.1) is 45.2 Å². The SMILES string of the molecule is CCCCCC1CCC(c2ccc(-c3ccccc3C(=O)O[C@H]3CO[C@@H]4[C@H]3OC[C@H]4OC(=O)c3ccc(-c4ccc5c(c4)-c4c(c6c(c7cc(OC)ccc47)OC(c4ccc(OC)cc4)(c4ccc(OC[C@@H](C)CC)cc4)C=C6)C5(C)C)cc3)cc2)CC1. The number of carbonyl (C=O) groups excluding carboxylic acids is 2. The first-order valence-corrected chi connectivity index (χ1v) is 31.9. The molecule has 3 fully saturated rings. The van der Waals surface area contributed by atoms with Crippen molar-refractivity contribution in [2.75, 3.05) is 34.0 Å². The minimum absolute atomic E-state index is 0.127. The molecule has 0 radical (unpaired) electrons. The predicted octanol–water partition coefficient (Wildman–Crippen LogP) is 17.7. The van der Waals surface area contributed by atoms with Crippen molar-refractivity contribution in [3.8, 4) is 56.4 Å². The first kappa shape index (κ1) is 58.8. The number of benzene rings is 8. The summed E-state index contributed by atoms with van der Waals surface area (Å²) in [5.74, 6) is 4.06. The van der Waals surface area contributed by atoms with Crippen LogP contribution in [0.5, 0.6) is 23.0 Å². The summed E-state index contributed by atoms with van der Waals surface area (Å²) >= 11 is 0. The number of unbranched alkanes of at least 4 members (excludes halogenated alkanes) is 2. The molecular weight excluding hydrogens is 1100 g/mol. The van der Waals surface area contributed by atoms with Gasteiger partial charge in [-0.25, -0.2) is 9.59 Å². The first-order chi connectivity index (χ1) is 42.9. The molecule has 10 heteroatoms. The van der Waals surface area contributed by atoms with Gasteiger partial charge >= 0.3 is 11.9 Å². The van der Waals surface area contributed by atoms with E-state index in [1.54, 1.807) is 14.2 Å². The second-order valence-corrected chi connectivity index (χ2v) is 25.5. The molecule has 0 bridgehead atoms. The number of ether oxygens (including phenoxy) is 8. The third-order valence-corrected chi connectivity index (χ3v) is 19.7. The summed E-state index contributed by atoms with van der Waals surface area (Å²) < 4.78 is 50.0. The second-order valence-electron chi connectivity index (χ2n) is 25.5. The van der Waals surface area contributed by atoms with Gasteiger partial charge in [-0.3, -0.25) is 0 Å². The Labute approximate surface area is 518 Å².